The Morgan fingerprint density at radius 2 is 1.72 bits per heavy atom. The molecule has 0 spiro atoms. The van der Waals surface area contributed by atoms with Crippen molar-refractivity contribution in [2.24, 2.45) is 39.9 Å². The summed E-state index contributed by atoms with van der Waals surface area (Å²) in [6, 6.07) is 0. The minimum atomic E-state index is 0.465. The molecule has 2 fully saturated rings. The summed E-state index contributed by atoms with van der Waals surface area (Å²) in [7, 11) is 0. The Morgan fingerprint density at radius 3 is 2.44 bits per heavy atom. The van der Waals surface area contributed by atoms with E-state index in [-0.39, 0.29) is 0 Å². The van der Waals surface area contributed by atoms with Gasteiger partial charge in [0, 0.05) is 0 Å². The lowest BCUT2D eigenvalue weighted by Crippen LogP contribution is -2.49. The number of hydrogen-bond acceptors (Lipinski definition) is 0. The van der Waals surface area contributed by atoms with Gasteiger partial charge >= 0.3 is 0 Å². The number of fused-ring (bicyclic) bond motifs is 5. The van der Waals surface area contributed by atoms with Crippen LogP contribution in [0.1, 0.15) is 92.9 Å². The topological polar surface area (TPSA) is 0 Å². The van der Waals surface area contributed by atoms with Gasteiger partial charge < -0.3 is 0 Å². The lowest BCUT2D eigenvalue weighted by molar-refractivity contribution is -0.0312. The van der Waals surface area contributed by atoms with Gasteiger partial charge in [-0.15, -0.1) is 0 Å². The molecule has 0 N–H and O–H groups in total. The lowest BCUT2D eigenvalue weighted by Gasteiger charge is -2.58. The molecular formula is C25H40. The first-order valence-corrected chi connectivity index (χ1v) is 11.0. The van der Waals surface area contributed by atoms with Crippen LogP contribution in [0.2, 0.25) is 0 Å². The van der Waals surface area contributed by atoms with Gasteiger partial charge in [0.05, 0.1) is 0 Å². The highest BCUT2D eigenvalue weighted by molar-refractivity contribution is 5.28. The summed E-state index contributed by atoms with van der Waals surface area (Å²) >= 11 is 0. The van der Waals surface area contributed by atoms with Crippen molar-refractivity contribution < 1.29 is 0 Å². The molecule has 0 amide bonds. The molecule has 0 aliphatic heterocycles. The van der Waals surface area contributed by atoms with Crippen LogP contribution in [0.15, 0.2) is 23.3 Å². The van der Waals surface area contributed by atoms with Crippen LogP contribution < -0.4 is 0 Å². The SMILES string of the molecule is CC1=CCC2C3CCC4=CC(CC(C)(C)C)CCC4(C)C3CCC12C. The normalized spacial score (nSPS) is 46.6. The van der Waals surface area contributed by atoms with Crippen molar-refractivity contribution in [2.75, 3.05) is 0 Å². The molecule has 0 aromatic heterocycles. The molecule has 25 heavy (non-hydrogen) atoms. The van der Waals surface area contributed by atoms with Crippen molar-refractivity contribution in [1.82, 2.24) is 0 Å². The van der Waals surface area contributed by atoms with Gasteiger partial charge in [0.2, 0.25) is 0 Å². The summed E-state index contributed by atoms with van der Waals surface area (Å²) < 4.78 is 0. The van der Waals surface area contributed by atoms with Gasteiger partial charge in [0.25, 0.3) is 0 Å². The van der Waals surface area contributed by atoms with E-state index in [1.165, 1.54) is 51.4 Å². The minimum absolute atomic E-state index is 0.465. The third-order valence-corrected chi connectivity index (χ3v) is 9.05. The molecule has 0 nitrogen and oxygen atoms in total. The van der Waals surface area contributed by atoms with Gasteiger partial charge in [-0.25, -0.2) is 0 Å². The standard InChI is InChI=1S/C25H40/c1-17-7-10-21-20-9-8-19-15-18(16-23(2,3)4)11-13-25(19,6)22(20)12-14-24(17,21)5/h7,15,18,20-22H,8-14,16H2,1-6H3. The summed E-state index contributed by atoms with van der Waals surface area (Å²) in [6.07, 6.45) is 16.7. The van der Waals surface area contributed by atoms with Crippen molar-refractivity contribution in [3.8, 4) is 0 Å². The molecule has 4 aliphatic rings. The summed E-state index contributed by atoms with van der Waals surface area (Å²) in [4.78, 5) is 0. The zero-order valence-electron chi connectivity index (χ0n) is 17.6. The number of rotatable bonds is 1. The van der Waals surface area contributed by atoms with E-state index in [1.807, 2.05) is 5.57 Å². The van der Waals surface area contributed by atoms with E-state index in [2.05, 4.69) is 53.7 Å². The molecule has 0 aromatic rings. The van der Waals surface area contributed by atoms with Crippen LogP contribution >= 0.6 is 0 Å². The first-order chi connectivity index (χ1) is 11.6. The van der Waals surface area contributed by atoms with Crippen molar-refractivity contribution in [1.29, 1.82) is 0 Å². The Morgan fingerprint density at radius 1 is 1.00 bits per heavy atom. The van der Waals surface area contributed by atoms with Gasteiger partial charge in [-0.3, -0.25) is 0 Å². The molecule has 0 bridgehead atoms. The van der Waals surface area contributed by atoms with E-state index in [0.717, 1.165) is 23.7 Å². The predicted molar refractivity (Wildman–Crippen MR) is 108 cm³/mol. The maximum absolute atomic E-state index is 2.76. The predicted octanol–water partition coefficient (Wildman–Crippen LogP) is 7.56. The Balaban J connectivity index is 1.58. The fourth-order valence-electron chi connectivity index (χ4n) is 7.53. The van der Waals surface area contributed by atoms with Gasteiger partial charge in [-0.05, 0) is 98.2 Å². The first kappa shape index (κ1) is 17.9. The maximum atomic E-state index is 2.76. The molecule has 140 valence electrons. The lowest BCUT2D eigenvalue weighted by atomic mass is 9.46. The highest BCUT2D eigenvalue weighted by atomic mass is 14.6. The fourth-order valence-corrected chi connectivity index (χ4v) is 7.53. The molecule has 0 saturated heterocycles. The second kappa shape index (κ2) is 5.74. The Hall–Kier alpha value is -0.520. The summed E-state index contributed by atoms with van der Waals surface area (Å²) in [6.45, 7) is 14.9. The highest BCUT2D eigenvalue weighted by Gasteiger charge is 2.56. The van der Waals surface area contributed by atoms with Gasteiger partial charge in [0.1, 0.15) is 0 Å². The monoisotopic (exact) mass is 340 g/mol. The van der Waals surface area contributed by atoms with Gasteiger partial charge in [-0.2, -0.15) is 0 Å². The first-order valence-electron chi connectivity index (χ1n) is 11.0. The number of hydrogen-bond donors (Lipinski definition) is 0. The molecule has 0 radical (unpaired) electrons. The second-order valence-corrected chi connectivity index (χ2v) is 11.7. The van der Waals surface area contributed by atoms with E-state index < -0.39 is 0 Å². The zero-order valence-corrected chi connectivity index (χ0v) is 17.6. The van der Waals surface area contributed by atoms with Crippen LogP contribution in [0.4, 0.5) is 0 Å². The van der Waals surface area contributed by atoms with Crippen molar-refractivity contribution in [3.63, 3.8) is 0 Å². The van der Waals surface area contributed by atoms with Crippen LogP contribution in [-0.2, 0) is 0 Å². The molecular weight excluding hydrogens is 300 g/mol. The maximum Gasteiger partial charge on any atom is -0.00851 e. The van der Waals surface area contributed by atoms with E-state index in [4.69, 9.17) is 0 Å². The van der Waals surface area contributed by atoms with E-state index >= 15 is 0 Å². The van der Waals surface area contributed by atoms with E-state index in [1.54, 1.807) is 5.57 Å². The van der Waals surface area contributed by atoms with E-state index in [0.29, 0.717) is 16.2 Å². The van der Waals surface area contributed by atoms with Crippen LogP contribution in [0.3, 0.4) is 0 Å². The third-order valence-electron chi connectivity index (χ3n) is 9.05. The van der Waals surface area contributed by atoms with E-state index in [9.17, 15) is 0 Å². The quantitative estimate of drug-likeness (QED) is 0.432. The van der Waals surface area contributed by atoms with Gasteiger partial charge in [0.15, 0.2) is 0 Å². The molecule has 6 unspecified atom stereocenters. The molecule has 4 rings (SSSR count). The highest BCUT2D eigenvalue weighted by Crippen LogP contribution is 2.65. The molecule has 6 atom stereocenters. The molecule has 0 heterocycles. The Kier molecular flexibility index (Phi) is 4.10. The fraction of sp³-hybridized carbons (Fsp3) is 0.840. The average Bonchev–Trinajstić information content (AvgIpc) is 2.82. The minimum Gasteiger partial charge on any atom is -0.0847 e. The van der Waals surface area contributed by atoms with Crippen molar-refractivity contribution in [2.45, 2.75) is 92.9 Å². The van der Waals surface area contributed by atoms with Crippen molar-refractivity contribution in [3.05, 3.63) is 23.3 Å². The Bertz CT molecular complexity index is 600. The third kappa shape index (κ3) is 2.78. The van der Waals surface area contributed by atoms with Gasteiger partial charge in [-0.1, -0.05) is 57.9 Å². The molecule has 0 aromatic carbocycles. The van der Waals surface area contributed by atoms with Crippen LogP contribution in [-0.4, -0.2) is 0 Å². The second-order valence-electron chi connectivity index (χ2n) is 11.7. The van der Waals surface area contributed by atoms with Crippen LogP contribution in [0, 0.1) is 39.9 Å². The largest absolute Gasteiger partial charge is 0.0847 e. The van der Waals surface area contributed by atoms with Crippen molar-refractivity contribution >= 4 is 0 Å². The Labute approximate surface area is 156 Å². The van der Waals surface area contributed by atoms with Crippen LogP contribution in [0.25, 0.3) is 0 Å². The smallest absolute Gasteiger partial charge is 0.00851 e. The zero-order chi connectivity index (χ0) is 18.0. The summed E-state index contributed by atoms with van der Waals surface area (Å²) in [5, 5.41) is 0. The summed E-state index contributed by atoms with van der Waals surface area (Å²) in [5.41, 5.74) is 5.08. The molecule has 2 saturated carbocycles. The van der Waals surface area contributed by atoms with Crippen LogP contribution in [0.5, 0.6) is 0 Å². The molecule has 4 aliphatic carbocycles. The summed E-state index contributed by atoms with van der Waals surface area (Å²) in [5.74, 6) is 3.72. The number of allylic oxidation sites excluding steroid dienone is 4. The molecule has 0 heteroatoms. The average molecular weight is 341 g/mol.